The van der Waals surface area contributed by atoms with Gasteiger partial charge in [0.05, 0.1) is 12.2 Å². The smallest absolute Gasteiger partial charge is 0.243 e. The van der Waals surface area contributed by atoms with Crippen LogP contribution < -0.4 is 10.2 Å². The van der Waals surface area contributed by atoms with Gasteiger partial charge < -0.3 is 10.2 Å². The first-order valence-corrected chi connectivity index (χ1v) is 9.21. The number of anilines is 2. The lowest BCUT2D eigenvalue weighted by Crippen LogP contribution is -2.31. The number of halogens is 1. The summed E-state index contributed by atoms with van der Waals surface area (Å²) in [6, 6.07) is 9.52. The van der Waals surface area contributed by atoms with E-state index in [0.717, 1.165) is 27.5 Å². The Hall–Kier alpha value is -1.95. The molecule has 25 heavy (non-hydrogen) atoms. The molecule has 0 fully saturated rings. The van der Waals surface area contributed by atoms with Crippen LogP contribution in [0.5, 0.6) is 0 Å². The van der Waals surface area contributed by atoms with Crippen molar-refractivity contribution in [2.75, 3.05) is 23.8 Å². The van der Waals surface area contributed by atoms with Gasteiger partial charge in [-0.15, -0.1) is 0 Å². The Morgan fingerprint density at radius 2 is 1.84 bits per heavy atom. The highest BCUT2D eigenvalue weighted by atomic mass is 79.9. The zero-order chi connectivity index (χ0) is 18.6. The van der Waals surface area contributed by atoms with E-state index in [9.17, 15) is 4.79 Å². The zero-order valence-electron chi connectivity index (χ0n) is 15.4. The summed E-state index contributed by atoms with van der Waals surface area (Å²) in [7, 11) is 1.87. The van der Waals surface area contributed by atoms with Crippen LogP contribution in [0.1, 0.15) is 51.0 Å². The summed E-state index contributed by atoms with van der Waals surface area (Å²) in [4.78, 5) is 23.5. The lowest BCUT2D eigenvalue weighted by molar-refractivity contribution is -0.114. The van der Waals surface area contributed by atoms with Crippen LogP contribution >= 0.6 is 15.9 Å². The van der Waals surface area contributed by atoms with Crippen LogP contribution in [0.15, 0.2) is 34.8 Å². The second-order valence-electron chi connectivity index (χ2n) is 6.70. The average molecular weight is 405 g/mol. The Balaban J connectivity index is 2.15. The van der Waals surface area contributed by atoms with E-state index >= 15 is 0 Å². The molecule has 0 aliphatic rings. The molecule has 134 valence electrons. The minimum atomic E-state index is -0.0924. The number of carbonyl (C=O) groups excluding carboxylic acids is 1. The Labute approximate surface area is 158 Å². The van der Waals surface area contributed by atoms with Crippen LogP contribution in [0, 0.1) is 0 Å². The minimum absolute atomic E-state index is 0.0924. The molecule has 0 bridgehead atoms. The number of hydrogen-bond acceptors (Lipinski definition) is 4. The number of benzene rings is 1. The number of para-hydroxylation sites is 1. The van der Waals surface area contributed by atoms with Gasteiger partial charge in [0.2, 0.25) is 5.91 Å². The second kappa shape index (κ2) is 8.43. The summed E-state index contributed by atoms with van der Waals surface area (Å²) in [5, 5.41) is 2.91. The number of likely N-dealkylation sites (N-methyl/N-ethyl adjacent to an activating group) is 1. The number of hydrogen-bond donors (Lipinski definition) is 1. The van der Waals surface area contributed by atoms with Gasteiger partial charge in [-0.3, -0.25) is 4.79 Å². The van der Waals surface area contributed by atoms with Crippen LogP contribution in [0.3, 0.4) is 0 Å². The molecule has 0 radical (unpaired) electrons. The summed E-state index contributed by atoms with van der Waals surface area (Å²) < 4.78 is 0.859. The first-order chi connectivity index (χ1) is 11.8. The second-order valence-corrected chi connectivity index (χ2v) is 7.56. The molecular weight excluding hydrogens is 380 g/mol. The number of carbonyl (C=O) groups is 1. The number of nitrogens with one attached hydrogen (secondary N) is 1. The molecule has 0 spiro atoms. The Morgan fingerprint density at radius 1 is 1.16 bits per heavy atom. The molecule has 1 amide bonds. The highest BCUT2D eigenvalue weighted by molar-refractivity contribution is 9.10. The molecule has 0 aliphatic heterocycles. The topological polar surface area (TPSA) is 58.1 Å². The van der Waals surface area contributed by atoms with Crippen molar-refractivity contribution in [3.05, 3.63) is 46.3 Å². The van der Waals surface area contributed by atoms with Gasteiger partial charge in [0.15, 0.2) is 0 Å². The Morgan fingerprint density at radius 3 is 2.44 bits per heavy atom. The minimum Gasteiger partial charge on any atom is -0.350 e. The molecule has 1 heterocycles. The van der Waals surface area contributed by atoms with Crippen molar-refractivity contribution in [3.63, 3.8) is 0 Å². The van der Waals surface area contributed by atoms with Crippen molar-refractivity contribution in [1.29, 1.82) is 0 Å². The van der Waals surface area contributed by atoms with Gasteiger partial charge in [-0.05, 0) is 34.0 Å². The first kappa shape index (κ1) is 19.4. The van der Waals surface area contributed by atoms with Crippen molar-refractivity contribution in [2.45, 2.75) is 39.5 Å². The highest BCUT2D eigenvalue weighted by Crippen LogP contribution is 2.23. The third-order valence-corrected chi connectivity index (χ3v) is 4.47. The molecule has 0 atom stereocenters. The molecule has 1 aromatic heterocycles. The molecule has 2 aromatic rings. The van der Waals surface area contributed by atoms with Gasteiger partial charge in [-0.2, -0.15) is 0 Å². The first-order valence-electron chi connectivity index (χ1n) is 8.42. The molecule has 6 heteroatoms. The van der Waals surface area contributed by atoms with E-state index in [1.165, 1.54) is 0 Å². The fourth-order valence-electron chi connectivity index (χ4n) is 2.27. The molecule has 1 aromatic carbocycles. The summed E-state index contributed by atoms with van der Waals surface area (Å²) in [6.07, 6.45) is 0. The number of aromatic nitrogens is 2. The summed E-state index contributed by atoms with van der Waals surface area (Å²) >= 11 is 3.44. The average Bonchev–Trinajstić information content (AvgIpc) is 2.56. The summed E-state index contributed by atoms with van der Waals surface area (Å²) in [5.41, 5.74) is 1.75. The van der Waals surface area contributed by atoms with Crippen molar-refractivity contribution < 1.29 is 4.79 Å². The van der Waals surface area contributed by atoms with Gasteiger partial charge in [-0.25, -0.2) is 9.97 Å². The molecular formula is C19H25BrN4O. The molecule has 1 N–H and O–H groups in total. The van der Waals surface area contributed by atoms with Crippen LogP contribution in [0.25, 0.3) is 0 Å². The number of amides is 1. The van der Waals surface area contributed by atoms with E-state index in [0.29, 0.717) is 5.92 Å². The van der Waals surface area contributed by atoms with Gasteiger partial charge in [-0.1, -0.05) is 39.8 Å². The molecule has 0 unspecified atom stereocenters. The monoisotopic (exact) mass is 404 g/mol. The molecule has 2 rings (SSSR count). The van der Waals surface area contributed by atoms with Gasteiger partial charge >= 0.3 is 0 Å². The third-order valence-electron chi connectivity index (χ3n) is 3.78. The molecule has 0 saturated carbocycles. The van der Waals surface area contributed by atoms with Crippen LogP contribution in [0.4, 0.5) is 11.5 Å². The summed E-state index contributed by atoms with van der Waals surface area (Å²) in [6.45, 7) is 8.57. The van der Waals surface area contributed by atoms with Gasteiger partial charge in [0.1, 0.15) is 11.6 Å². The van der Waals surface area contributed by atoms with E-state index in [1.54, 1.807) is 0 Å². The maximum atomic E-state index is 12.4. The number of nitrogens with zero attached hydrogens (tertiary/aromatic N) is 3. The highest BCUT2D eigenvalue weighted by Gasteiger charge is 2.15. The van der Waals surface area contributed by atoms with E-state index in [4.69, 9.17) is 0 Å². The molecule has 0 aliphatic carbocycles. The van der Waals surface area contributed by atoms with E-state index in [2.05, 4.69) is 58.9 Å². The lowest BCUT2D eigenvalue weighted by Gasteiger charge is -2.21. The number of rotatable bonds is 6. The van der Waals surface area contributed by atoms with Gasteiger partial charge in [0, 0.05) is 29.2 Å². The van der Waals surface area contributed by atoms with Crippen molar-refractivity contribution >= 4 is 33.3 Å². The van der Waals surface area contributed by atoms with Crippen LogP contribution in [-0.2, 0) is 4.79 Å². The van der Waals surface area contributed by atoms with Gasteiger partial charge in [0.25, 0.3) is 0 Å². The summed E-state index contributed by atoms with van der Waals surface area (Å²) in [5.74, 6) is 2.02. The molecule has 5 nitrogen and oxygen atoms in total. The predicted molar refractivity (Wildman–Crippen MR) is 106 cm³/mol. The Kier molecular flexibility index (Phi) is 6.53. The van der Waals surface area contributed by atoms with Crippen molar-refractivity contribution in [2.24, 2.45) is 0 Å². The largest absolute Gasteiger partial charge is 0.350 e. The maximum Gasteiger partial charge on any atom is 0.243 e. The standard InChI is InChI=1S/C19H25BrN4O/c1-12(2)16-10-17(23-19(22-16)13(3)4)24(5)11-18(25)21-15-9-7-6-8-14(15)20/h6-10,12-13H,11H2,1-5H3,(H,21,25). The fraction of sp³-hybridized carbons (Fsp3) is 0.421. The SMILES string of the molecule is CC(C)c1cc(N(C)CC(=O)Nc2ccccc2Br)nc(C(C)C)n1. The maximum absolute atomic E-state index is 12.4. The third kappa shape index (κ3) is 5.26. The van der Waals surface area contributed by atoms with E-state index in [-0.39, 0.29) is 18.4 Å². The lowest BCUT2D eigenvalue weighted by atomic mass is 10.1. The quantitative estimate of drug-likeness (QED) is 0.766. The van der Waals surface area contributed by atoms with Crippen molar-refractivity contribution in [1.82, 2.24) is 9.97 Å². The fourth-order valence-corrected chi connectivity index (χ4v) is 2.65. The Bertz CT molecular complexity index is 720. The predicted octanol–water partition coefficient (Wildman–Crippen LogP) is 4.56. The van der Waals surface area contributed by atoms with Crippen molar-refractivity contribution in [3.8, 4) is 0 Å². The van der Waals surface area contributed by atoms with E-state index in [1.807, 2.05) is 42.3 Å². The van der Waals surface area contributed by atoms with Crippen LogP contribution in [-0.4, -0.2) is 29.5 Å². The van der Waals surface area contributed by atoms with E-state index < -0.39 is 0 Å². The zero-order valence-corrected chi connectivity index (χ0v) is 17.0. The molecule has 0 saturated heterocycles. The normalized spacial score (nSPS) is 11.0. The van der Waals surface area contributed by atoms with Crippen LogP contribution in [0.2, 0.25) is 0 Å².